The molecule has 2 nitrogen and oxygen atoms in total. The molecule has 0 aromatic heterocycles. The van der Waals surface area contributed by atoms with Crippen LogP contribution in [0.3, 0.4) is 0 Å². The van der Waals surface area contributed by atoms with Crippen LogP contribution in [0.1, 0.15) is 5.56 Å². The molecule has 0 heterocycles. The lowest BCUT2D eigenvalue weighted by Gasteiger charge is -2.10. The van der Waals surface area contributed by atoms with E-state index in [1.54, 1.807) is 0 Å². The Morgan fingerprint density at radius 2 is 1.53 bits per heavy atom. The summed E-state index contributed by atoms with van der Waals surface area (Å²) < 4.78 is 40.5. The molecule has 5 heteroatoms. The molecule has 0 aliphatic rings. The molecule has 0 saturated carbocycles. The number of aliphatic carboxylic acids is 1. The van der Waals surface area contributed by atoms with Gasteiger partial charge >= 0.3 is 5.97 Å². The highest BCUT2D eigenvalue weighted by Crippen LogP contribution is 2.29. The summed E-state index contributed by atoms with van der Waals surface area (Å²) in [6.07, 6.45) is -0.599. The van der Waals surface area contributed by atoms with E-state index in [0.29, 0.717) is 0 Å². The Morgan fingerprint density at radius 3 is 2.16 bits per heavy atom. The smallest absolute Gasteiger partial charge is 0.307 e. The third-order valence-corrected chi connectivity index (χ3v) is 2.69. The highest BCUT2D eigenvalue weighted by molar-refractivity contribution is 5.77. The van der Waals surface area contributed by atoms with Crippen molar-refractivity contribution in [2.24, 2.45) is 0 Å². The second-order valence-electron chi connectivity index (χ2n) is 3.94. The van der Waals surface area contributed by atoms with Crippen LogP contribution in [-0.4, -0.2) is 11.1 Å². The number of benzene rings is 2. The Morgan fingerprint density at radius 1 is 0.947 bits per heavy atom. The molecule has 0 fully saturated rings. The Bertz CT molecular complexity index is 639. The first-order valence-electron chi connectivity index (χ1n) is 5.44. The number of halogens is 3. The van der Waals surface area contributed by atoms with Crippen LogP contribution in [0.15, 0.2) is 36.4 Å². The van der Waals surface area contributed by atoms with E-state index in [1.807, 2.05) is 0 Å². The Hall–Kier alpha value is -2.30. The monoisotopic (exact) mass is 266 g/mol. The Balaban J connectivity index is 2.65. The van der Waals surface area contributed by atoms with Gasteiger partial charge in [0.25, 0.3) is 0 Å². The molecule has 0 aliphatic carbocycles. The molecule has 0 unspecified atom stereocenters. The van der Waals surface area contributed by atoms with Gasteiger partial charge in [-0.1, -0.05) is 24.3 Å². The fraction of sp³-hybridized carbons (Fsp3) is 0.0714. The molecular weight excluding hydrogens is 257 g/mol. The van der Waals surface area contributed by atoms with Gasteiger partial charge in [0, 0.05) is 11.1 Å². The molecule has 1 N–H and O–H groups in total. The second kappa shape index (κ2) is 5.14. The van der Waals surface area contributed by atoms with Crippen LogP contribution in [0.4, 0.5) is 13.2 Å². The van der Waals surface area contributed by atoms with Gasteiger partial charge in [-0.2, -0.15) is 0 Å². The molecule has 0 spiro atoms. The van der Waals surface area contributed by atoms with Crippen molar-refractivity contribution in [2.75, 3.05) is 0 Å². The predicted octanol–water partition coefficient (Wildman–Crippen LogP) is 3.40. The van der Waals surface area contributed by atoms with Crippen molar-refractivity contribution in [1.29, 1.82) is 0 Å². The van der Waals surface area contributed by atoms with E-state index in [4.69, 9.17) is 5.11 Å². The second-order valence-corrected chi connectivity index (χ2v) is 3.94. The molecule has 98 valence electrons. The van der Waals surface area contributed by atoms with E-state index in [1.165, 1.54) is 24.3 Å². The quantitative estimate of drug-likeness (QED) is 0.924. The zero-order valence-electron chi connectivity index (χ0n) is 9.66. The summed E-state index contributed by atoms with van der Waals surface area (Å²) in [7, 11) is 0. The first-order chi connectivity index (χ1) is 9.00. The SMILES string of the molecule is O=C(O)Cc1c(F)cccc1-c1cccc(F)c1F. The summed E-state index contributed by atoms with van der Waals surface area (Å²) >= 11 is 0. The maximum Gasteiger partial charge on any atom is 0.307 e. The number of carboxylic acid groups (broad SMARTS) is 1. The maximum absolute atomic E-state index is 13.7. The fourth-order valence-corrected chi connectivity index (χ4v) is 1.85. The van der Waals surface area contributed by atoms with Crippen molar-refractivity contribution in [3.63, 3.8) is 0 Å². The van der Waals surface area contributed by atoms with Gasteiger partial charge < -0.3 is 5.11 Å². The average molecular weight is 266 g/mol. The summed E-state index contributed by atoms with van der Waals surface area (Å²) in [6.45, 7) is 0. The van der Waals surface area contributed by atoms with Crippen LogP contribution in [0.5, 0.6) is 0 Å². The number of rotatable bonds is 3. The molecular formula is C14H9F3O2. The number of hydrogen-bond acceptors (Lipinski definition) is 1. The van der Waals surface area contributed by atoms with E-state index in [-0.39, 0.29) is 16.7 Å². The molecule has 19 heavy (non-hydrogen) atoms. The summed E-state index contributed by atoms with van der Waals surface area (Å²) in [4.78, 5) is 10.7. The minimum absolute atomic E-state index is 0.0411. The molecule has 2 aromatic carbocycles. The van der Waals surface area contributed by atoms with Crippen molar-refractivity contribution >= 4 is 5.97 Å². The summed E-state index contributed by atoms with van der Waals surface area (Å²) in [5, 5.41) is 8.75. The predicted molar refractivity (Wildman–Crippen MR) is 63.1 cm³/mol. The molecule has 0 aliphatic heterocycles. The lowest BCUT2D eigenvalue weighted by Crippen LogP contribution is -2.05. The Labute approximate surface area is 107 Å². The third kappa shape index (κ3) is 2.59. The number of hydrogen-bond donors (Lipinski definition) is 1. The van der Waals surface area contributed by atoms with Gasteiger partial charge in [-0.15, -0.1) is 0 Å². The van der Waals surface area contributed by atoms with Gasteiger partial charge in [-0.3, -0.25) is 4.79 Å². The Kier molecular flexibility index (Phi) is 3.55. The standard InChI is InChI=1S/C14H9F3O2/c15-11-5-1-3-8(10(11)7-13(18)19)9-4-2-6-12(16)14(9)17/h1-6H,7H2,(H,18,19). The molecule has 2 rings (SSSR count). The zero-order chi connectivity index (χ0) is 14.0. The van der Waals surface area contributed by atoms with Gasteiger partial charge in [0.15, 0.2) is 11.6 Å². The lowest BCUT2D eigenvalue weighted by molar-refractivity contribution is -0.136. The largest absolute Gasteiger partial charge is 0.481 e. The van der Waals surface area contributed by atoms with Gasteiger partial charge in [-0.05, 0) is 17.7 Å². The first kappa shape index (κ1) is 13.1. The highest BCUT2D eigenvalue weighted by Gasteiger charge is 2.17. The zero-order valence-corrected chi connectivity index (χ0v) is 9.66. The van der Waals surface area contributed by atoms with Crippen LogP contribution in [-0.2, 0) is 11.2 Å². The average Bonchev–Trinajstić information content (AvgIpc) is 2.35. The minimum Gasteiger partial charge on any atom is -0.481 e. The van der Waals surface area contributed by atoms with Crippen molar-refractivity contribution < 1.29 is 23.1 Å². The van der Waals surface area contributed by atoms with Crippen LogP contribution in [0.2, 0.25) is 0 Å². The third-order valence-electron chi connectivity index (χ3n) is 2.69. The number of carbonyl (C=O) groups is 1. The number of carboxylic acids is 1. The summed E-state index contributed by atoms with van der Waals surface area (Å²) in [5.41, 5.74) is -0.283. The van der Waals surface area contributed by atoms with Crippen molar-refractivity contribution in [3.05, 3.63) is 59.4 Å². The normalized spacial score (nSPS) is 10.5. The maximum atomic E-state index is 13.7. The van der Waals surface area contributed by atoms with E-state index in [0.717, 1.165) is 12.1 Å². The van der Waals surface area contributed by atoms with Crippen LogP contribution < -0.4 is 0 Å². The molecule has 0 radical (unpaired) electrons. The minimum atomic E-state index is -1.25. The topological polar surface area (TPSA) is 37.3 Å². The molecule has 0 saturated heterocycles. The van der Waals surface area contributed by atoms with Gasteiger partial charge in [0.2, 0.25) is 0 Å². The van der Waals surface area contributed by atoms with Crippen LogP contribution in [0, 0.1) is 17.5 Å². The van der Waals surface area contributed by atoms with Crippen LogP contribution in [0.25, 0.3) is 11.1 Å². The van der Waals surface area contributed by atoms with E-state index >= 15 is 0 Å². The molecule has 0 amide bonds. The van der Waals surface area contributed by atoms with Gasteiger partial charge in [0.1, 0.15) is 5.82 Å². The molecule has 0 atom stereocenters. The molecule has 2 aromatic rings. The first-order valence-corrected chi connectivity index (χ1v) is 5.44. The van der Waals surface area contributed by atoms with Crippen molar-refractivity contribution in [3.8, 4) is 11.1 Å². The summed E-state index contributed by atoms with van der Waals surface area (Å²) in [5.74, 6) is -4.20. The highest BCUT2D eigenvalue weighted by atomic mass is 19.2. The summed E-state index contributed by atoms with van der Waals surface area (Å²) in [6, 6.07) is 7.26. The van der Waals surface area contributed by atoms with Gasteiger partial charge in [-0.25, -0.2) is 13.2 Å². The van der Waals surface area contributed by atoms with Crippen molar-refractivity contribution in [2.45, 2.75) is 6.42 Å². The van der Waals surface area contributed by atoms with E-state index in [2.05, 4.69) is 0 Å². The van der Waals surface area contributed by atoms with Gasteiger partial charge in [0.05, 0.1) is 6.42 Å². The molecule has 0 bridgehead atoms. The van der Waals surface area contributed by atoms with E-state index in [9.17, 15) is 18.0 Å². The fourth-order valence-electron chi connectivity index (χ4n) is 1.85. The van der Waals surface area contributed by atoms with Crippen molar-refractivity contribution in [1.82, 2.24) is 0 Å². The van der Waals surface area contributed by atoms with Crippen LogP contribution >= 0.6 is 0 Å². The lowest BCUT2D eigenvalue weighted by atomic mass is 9.96. The van der Waals surface area contributed by atoms with E-state index < -0.39 is 29.8 Å².